The monoisotopic (exact) mass is 454 g/mol. The molecule has 9 heteroatoms. The standard InChI is InChI=1S/C23H23ClN4O4/c1-3-26-23(29)28-19-5-4-15(9-18(19)24)32-21-6-7-27-20-10-22(31-13-16-12-30-16)14(11-25-2)8-17(20)21/h4-11,16H,3,12-13H2,1-2H3,(H2,26,28,29). The van der Waals surface area contributed by atoms with Crippen LogP contribution in [-0.4, -0.2) is 50.1 Å². The van der Waals surface area contributed by atoms with Crippen LogP contribution in [0.3, 0.4) is 0 Å². The third kappa shape index (κ3) is 5.27. The number of ether oxygens (including phenoxy) is 3. The number of epoxide rings is 1. The number of hydrogen-bond acceptors (Lipinski definition) is 6. The number of urea groups is 1. The first-order chi connectivity index (χ1) is 15.6. The number of anilines is 1. The van der Waals surface area contributed by atoms with Crippen molar-refractivity contribution < 1.29 is 19.0 Å². The molecular formula is C23H23ClN4O4. The average molecular weight is 455 g/mol. The minimum absolute atomic E-state index is 0.148. The summed E-state index contributed by atoms with van der Waals surface area (Å²) in [6.45, 7) is 3.57. The predicted octanol–water partition coefficient (Wildman–Crippen LogP) is 4.65. The number of amides is 2. The van der Waals surface area contributed by atoms with Crippen LogP contribution in [0, 0.1) is 0 Å². The summed E-state index contributed by atoms with van der Waals surface area (Å²) in [5, 5.41) is 6.53. The van der Waals surface area contributed by atoms with E-state index in [1.54, 1.807) is 43.7 Å². The molecule has 8 nitrogen and oxygen atoms in total. The normalized spacial score (nSPS) is 15.0. The first-order valence-corrected chi connectivity index (χ1v) is 10.6. The molecule has 1 fully saturated rings. The van der Waals surface area contributed by atoms with Crippen LogP contribution in [0.25, 0.3) is 10.9 Å². The van der Waals surface area contributed by atoms with Crippen LogP contribution in [-0.2, 0) is 4.74 Å². The number of hydrogen-bond donors (Lipinski definition) is 2. The minimum Gasteiger partial charge on any atom is -0.490 e. The lowest BCUT2D eigenvalue weighted by molar-refractivity contribution is 0.252. The highest BCUT2D eigenvalue weighted by atomic mass is 35.5. The zero-order valence-electron chi connectivity index (χ0n) is 17.7. The summed E-state index contributed by atoms with van der Waals surface area (Å²) < 4.78 is 17.2. The second kappa shape index (κ2) is 9.84. The van der Waals surface area contributed by atoms with Crippen molar-refractivity contribution in [3.05, 3.63) is 53.2 Å². The first kappa shape index (κ1) is 21.9. The van der Waals surface area contributed by atoms with Gasteiger partial charge >= 0.3 is 6.03 Å². The number of aliphatic imine (C=N–C) groups is 1. The smallest absolute Gasteiger partial charge is 0.319 e. The van der Waals surface area contributed by atoms with E-state index in [4.69, 9.17) is 25.8 Å². The van der Waals surface area contributed by atoms with Gasteiger partial charge in [0.1, 0.15) is 30.0 Å². The Kier molecular flexibility index (Phi) is 6.72. The second-order valence-electron chi connectivity index (χ2n) is 7.10. The quantitative estimate of drug-likeness (QED) is 0.381. The van der Waals surface area contributed by atoms with E-state index in [2.05, 4.69) is 20.6 Å². The van der Waals surface area contributed by atoms with Gasteiger partial charge in [-0.2, -0.15) is 0 Å². The topological polar surface area (TPSA) is 97.4 Å². The van der Waals surface area contributed by atoms with Crippen molar-refractivity contribution in [1.29, 1.82) is 0 Å². The maximum absolute atomic E-state index is 11.7. The van der Waals surface area contributed by atoms with Crippen molar-refractivity contribution >= 4 is 40.4 Å². The number of pyridine rings is 1. The number of carbonyl (C=O) groups is 1. The van der Waals surface area contributed by atoms with E-state index >= 15 is 0 Å². The van der Waals surface area contributed by atoms with Gasteiger partial charge in [0.05, 0.1) is 22.8 Å². The highest BCUT2D eigenvalue weighted by Crippen LogP contribution is 2.35. The Bertz CT molecular complexity index is 1160. The van der Waals surface area contributed by atoms with E-state index in [1.165, 1.54) is 0 Å². The van der Waals surface area contributed by atoms with E-state index in [0.29, 0.717) is 41.1 Å². The van der Waals surface area contributed by atoms with Crippen molar-refractivity contribution in [3.63, 3.8) is 0 Å². The minimum atomic E-state index is -0.320. The lowest BCUT2D eigenvalue weighted by Crippen LogP contribution is -2.28. The number of aromatic nitrogens is 1. The maximum Gasteiger partial charge on any atom is 0.319 e. The van der Waals surface area contributed by atoms with Crippen LogP contribution < -0.4 is 20.1 Å². The van der Waals surface area contributed by atoms with Gasteiger partial charge in [-0.15, -0.1) is 0 Å². The Morgan fingerprint density at radius 1 is 1.31 bits per heavy atom. The van der Waals surface area contributed by atoms with Crippen molar-refractivity contribution in [2.24, 2.45) is 4.99 Å². The van der Waals surface area contributed by atoms with E-state index in [0.717, 1.165) is 23.1 Å². The Morgan fingerprint density at radius 2 is 2.16 bits per heavy atom. The number of benzene rings is 2. The summed E-state index contributed by atoms with van der Waals surface area (Å²) in [5.74, 6) is 1.83. The fourth-order valence-electron chi connectivity index (χ4n) is 3.08. The Balaban J connectivity index is 1.60. The number of nitrogens with zero attached hydrogens (tertiary/aromatic N) is 2. The fourth-order valence-corrected chi connectivity index (χ4v) is 3.30. The van der Waals surface area contributed by atoms with E-state index in [-0.39, 0.29) is 12.1 Å². The Hall–Kier alpha value is -3.36. The molecule has 32 heavy (non-hydrogen) atoms. The molecule has 0 saturated carbocycles. The van der Waals surface area contributed by atoms with Gasteiger partial charge < -0.3 is 24.8 Å². The first-order valence-electron chi connectivity index (χ1n) is 10.2. The zero-order valence-corrected chi connectivity index (χ0v) is 18.5. The highest BCUT2D eigenvalue weighted by molar-refractivity contribution is 6.33. The average Bonchev–Trinajstić information content (AvgIpc) is 3.59. The largest absolute Gasteiger partial charge is 0.490 e. The summed E-state index contributed by atoms with van der Waals surface area (Å²) in [4.78, 5) is 20.3. The maximum atomic E-state index is 11.7. The molecule has 2 heterocycles. The third-order valence-electron chi connectivity index (χ3n) is 4.68. The molecule has 0 bridgehead atoms. The second-order valence-corrected chi connectivity index (χ2v) is 7.51. The Morgan fingerprint density at radius 3 is 2.88 bits per heavy atom. The summed E-state index contributed by atoms with van der Waals surface area (Å²) in [7, 11) is 1.71. The van der Waals surface area contributed by atoms with Crippen LogP contribution in [0.15, 0.2) is 47.6 Å². The predicted molar refractivity (Wildman–Crippen MR) is 125 cm³/mol. The van der Waals surface area contributed by atoms with Crippen molar-refractivity contribution in [1.82, 2.24) is 10.3 Å². The van der Waals surface area contributed by atoms with Crippen LogP contribution in [0.1, 0.15) is 12.5 Å². The van der Waals surface area contributed by atoms with Crippen LogP contribution in [0.4, 0.5) is 10.5 Å². The Labute approximate surface area is 190 Å². The number of carbonyl (C=O) groups excluding carboxylic acids is 1. The van der Waals surface area contributed by atoms with Gasteiger partial charge in [-0.05, 0) is 31.2 Å². The molecule has 166 valence electrons. The molecule has 1 atom stereocenters. The van der Waals surface area contributed by atoms with Gasteiger partial charge in [0.2, 0.25) is 0 Å². The van der Waals surface area contributed by atoms with Crippen LogP contribution in [0.5, 0.6) is 17.2 Å². The molecule has 2 aromatic carbocycles. The van der Waals surface area contributed by atoms with Gasteiger partial charge in [-0.3, -0.25) is 9.98 Å². The molecule has 0 spiro atoms. The molecule has 1 aromatic heterocycles. The van der Waals surface area contributed by atoms with E-state index < -0.39 is 0 Å². The molecular weight excluding hydrogens is 432 g/mol. The number of halogens is 1. The summed E-state index contributed by atoms with van der Waals surface area (Å²) in [5.41, 5.74) is 2.04. The molecule has 1 aliphatic heterocycles. The number of rotatable bonds is 8. The number of fused-ring (bicyclic) bond motifs is 1. The lowest BCUT2D eigenvalue weighted by Gasteiger charge is -2.13. The van der Waals surface area contributed by atoms with Crippen molar-refractivity contribution in [2.75, 3.05) is 32.1 Å². The van der Waals surface area contributed by atoms with Crippen molar-refractivity contribution in [3.8, 4) is 17.2 Å². The van der Waals surface area contributed by atoms with Crippen LogP contribution in [0.2, 0.25) is 5.02 Å². The molecule has 0 aliphatic carbocycles. The molecule has 1 saturated heterocycles. The molecule has 2 amide bonds. The molecule has 1 aliphatic rings. The molecule has 1 unspecified atom stereocenters. The van der Waals surface area contributed by atoms with Crippen LogP contribution >= 0.6 is 11.6 Å². The van der Waals surface area contributed by atoms with Crippen molar-refractivity contribution in [2.45, 2.75) is 13.0 Å². The van der Waals surface area contributed by atoms with E-state index in [1.807, 2.05) is 19.1 Å². The zero-order chi connectivity index (χ0) is 22.5. The van der Waals surface area contributed by atoms with Gasteiger partial charge in [-0.25, -0.2) is 4.79 Å². The summed E-state index contributed by atoms with van der Waals surface area (Å²) in [6.07, 6.45) is 3.55. The van der Waals surface area contributed by atoms with Gasteiger partial charge in [0.25, 0.3) is 0 Å². The number of nitrogens with one attached hydrogen (secondary N) is 2. The molecule has 2 N–H and O–H groups in total. The molecule has 0 radical (unpaired) electrons. The lowest BCUT2D eigenvalue weighted by atomic mass is 10.1. The highest BCUT2D eigenvalue weighted by Gasteiger charge is 2.23. The summed E-state index contributed by atoms with van der Waals surface area (Å²) >= 11 is 6.33. The fraction of sp³-hybridized carbons (Fsp3) is 0.261. The van der Waals surface area contributed by atoms with E-state index in [9.17, 15) is 4.79 Å². The van der Waals surface area contributed by atoms with Gasteiger partial charge in [0.15, 0.2) is 0 Å². The summed E-state index contributed by atoms with van der Waals surface area (Å²) in [6, 6.07) is 10.3. The van der Waals surface area contributed by atoms with Gasteiger partial charge in [0, 0.05) is 49.1 Å². The SMILES string of the molecule is CCNC(=O)Nc1ccc(Oc2ccnc3cc(OCC4CO4)c(C=NC)cc23)cc1Cl. The molecule has 3 aromatic rings. The molecule has 4 rings (SSSR count). The third-order valence-corrected chi connectivity index (χ3v) is 4.99. The van der Waals surface area contributed by atoms with Gasteiger partial charge in [-0.1, -0.05) is 11.6 Å².